The first-order chi connectivity index (χ1) is 9.54. The Kier molecular flexibility index (Phi) is 11.7. The van der Waals surface area contributed by atoms with Crippen LogP contribution in [0, 0.1) is 0 Å². The lowest BCUT2D eigenvalue weighted by molar-refractivity contribution is -0.143. The summed E-state index contributed by atoms with van der Waals surface area (Å²) in [6.45, 7) is 7.64. The molecule has 0 rings (SSSR count). The van der Waals surface area contributed by atoms with Crippen LogP contribution < -0.4 is 5.32 Å². The molecule has 120 valence electrons. The molecule has 1 N–H and O–H groups in total. The Labute approximate surface area is 122 Å². The first kappa shape index (κ1) is 19.3. The molecule has 0 amide bonds. The molecule has 0 fully saturated rings. The summed E-state index contributed by atoms with van der Waals surface area (Å²) in [7, 11) is 4.79. The van der Waals surface area contributed by atoms with Crippen LogP contribution in [0.25, 0.3) is 0 Å². The van der Waals surface area contributed by atoms with Crippen molar-refractivity contribution >= 4 is 5.97 Å². The predicted octanol–water partition coefficient (Wildman–Crippen LogP) is 0.511. The molecule has 6 nitrogen and oxygen atoms in total. The Morgan fingerprint density at radius 2 is 1.75 bits per heavy atom. The van der Waals surface area contributed by atoms with E-state index in [1.165, 1.54) is 7.11 Å². The highest BCUT2D eigenvalue weighted by molar-refractivity contribution is 5.75. The maximum atomic E-state index is 11.8. The van der Waals surface area contributed by atoms with Crippen molar-refractivity contribution in [1.29, 1.82) is 0 Å². The molecule has 0 heterocycles. The zero-order valence-electron chi connectivity index (χ0n) is 13.5. The van der Waals surface area contributed by atoms with Crippen molar-refractivity contribution in [1.82, 2.24) is 10.2 Å². The molecule has 6 heteroatoms. The number of nitrogens with zero attached hydrogens (tertiary/aromatic N) is 1. The lowest BCUT2D eigenvalue weighted by Gasteiger charge is -2.27. The minimum atomic E-state index is -0.320. The van der Waals surface area contributed by atoms with Crippen molar-refractivity contribution in [3.8, 4) is 0 Å². The van der Waals surface area contributed by atoms with E-state index in [1.807, 2.05) is 13.8 Å². The number of hydrogen-bond donors (Lipinski definition) is 1. The van der Waals surface area contributed by atoms with Gasteiger partial charge in [0.15, 0.2) is 0 Å². The van der Waals surface area contributed by atoms with Crippen LogP contribution in [-0.2, 0) is 19.0 Å². The molecular weight excluding hydrogens is 260 g/mol. The molecule has 1 atom stereocenters. The lowest BCUT2D eigenvalue weighted by atomic mass is 10.2. The molecule has 0 bridgehead atoms. The third-order valence-electron chi connectivity index (χ3n) is 2.90. The van der Waals surface area contributed by atoms with E-state index in [-0.39, 0.29) is 18.1 Å². The van der Waals surface area contributed by atoms with E-state index in [9.17, 15) is 4.79 Å². The number of carbonyl (C=O) groups is 1. The molecule has 0 aromatic carbocycles. The Hall–Kier alpha value is -0.690. The number of hydrogen-bond acceptors (Lipinski definition) is 6. The second kappa shape index (κ2) is 12.1. The third-order valence-corrected chi connectivity index (χ3v) is 2.90. The predicted molar refractivity (Wildman–Crippen MR) is 78.9 cm³/mol. The summed E-state index contributed by atoms with van der Waals surface area (Å²) >= 11 is 0. The minimum Gasteiger partial charge on any atom is -0.468 e. The fourth-order valence-electron chi connectivity index (χ4n) is 1.95. The molecule has 0 aromatic heterocycles. The van der Waals surface area contributed by atoms with Gasteiger partial charge in [0, 0.05) is 46.5 Å². The smallest absolute Gasteiger partial charge is 0.324 e. The summed E-state index contributed by atoms with van der Waals surface area (Å²) in [5.74, 6) is -0.229. The van der Waals surface area contributed by atoms with Gasteiger partial charge in [-0.3, -0.25) is 9.69 Å². The second-order valence-electron chi connectivity index (χ2n) is 5.04. The molecule has 0 aliphatic heterocycles. The molecule has 0 spiro atoms. The summed E-state index contributed by atoms with van der Waals surface area (Å²) < 4.78 is 15.0. The van der Waals surface area contributed by atoms with Crippen LogP contribution in [0.3, 0.4) is 0 Å². The summed E-state index contributed by atoms with van der Waals surface area (Å²) in [6.07, 6.45) is 0.926. The standard InChI is InChI=1S/C14H30N2O4/c1-12(2)15-13(14(17)20-5)11-16(8-10-19-4)7-6-9-18-3/h12-13,15H,6-11H2,1-5H3. The first-order valence-corrected chi connectivity index (χ1v) is 7.09. The highest BCUT2D eigenvalue weighted by atomic mass is 16.5. The number of esters is 1. The minimum absolute atomic E-state index is 0.224. The fraction of sp³-hybridized carbons (Fsp3) is 0.929. The molecule has 0 aromatic rings. The van der Waals surface area contributed by atoms with Gasteiger partial charge in [-0.2, -0.15) is 0 Å². The molecular formula is C14H30N2O4. The van der Waals surface area contributed by atoms with Gasteiger partial charge in [-0.1, -0.05) is 13.8 Å². The van der Waals surface area contributed by atoms with Crippen molar-refractivity contribution in [2.75, 3.05) is 54.2 Å². The van der Waals surface area contributed by atoms with Crippen LogP contribution in [0.2, 0.25) is 0 Å². The van der Waals surface area contributed by atoms with Crippen LogP contribution in [0.4, 0.5) is 0 Å². The van der Waals surface area contributed by atoms with Crippen molar-refractivity contribution < 1.29 is 19.0 Å². The van der Waals surface area contributed by atoms with Gasteiger partial charge in [0.2, 0.25) is 0 Å². The topological polar surface area (TPSA) is 60.0 Å². The lowest BCUT2D eigenvalue weighted by Crippen LogP contribution is -2.50. The Balaban J connectivity index is 4.46. The van der Waals surface area contributed by atoms with E-state index in [0.717, 1.165) is 19.5 Å². The van der Waals surface area contributed by atoms with Crippen molar-refractivity contribution in [3.05, 3.63) is 0 Å². The van der Waals surface area contributed by atoms with Crippen molar-refractivity contribution in [2.24, 2.45) is 0 Å². The summed E-state index contributed by atoms with van der Waals surface area (Å²) in [4.78, 5) is 14.0. The van der Waals surface area contributed by atoms with Gasteiger partial charge in [-0.05, 0) is 6.42 Å². The zero-order chi connectivity index (χ0) is 15.4. The van der Waals surface area contributed by atoms with E-state index >= 15 is 0 Å². The second-order valence-corrected chi connectivity index (χ2v) is 5.04. The molecule has 0 saturated carbocycles. The highest BCUT2D eigenvalue weighted by Crippen LogP contribution is 2.00. The quantitative estimate of drug-likeness (QED) is 0.417. The van der Waals surface area contributed by atoms with Gasteiger partial charge >= 0.3 is 5.97 Å². The van der Waals surface area contributed by atoms with Gasteiger partial charge in [0.1, 0.15) is 6.04 Å². The van der Waals surface area contributed by atoms with Crippen molar-refractivity contribution in [2.45, 2.75) is 32.4 Å². The third kappa shape index (κ3) is 9.25. The van der Waals surface area contributed by atoms with E-state index < -0.39 is 0 Å². The first-order valence-electron chi connectivity index (χ1n) is 7.09. The van der Waals surface area contributed by atoms with Crippen LogP contribution >= 0.6 is 0 Å². The van der Waals surface area contributed by atoms with E-state index in [2.05, 4.69) is 10.2 Å². The van der Waals surface area contributed by atoms with Gasteiger partial charge in [-0.15, -0.1) is 0 Å². The van der Waals surface area contributed by atoms with Crippen LogP contribution in [0.15, 0.2) is 0 Å². The summed E-state index contributed by atoms with van der Waals surface area (Å²) in [5.41, 5.74) is 0. The zero-order valence-corrected chi connectivity index (χ0v) is 13.5. The molecule has 0 saturated heterocycles. The number of methoxy groups -OCH3 is 3. The van der Waals surface area contributed by atoms with Crippen LogP contribution in [-0.4, -0.2) is 77.1 Å². The molecule has 20 heavy (non-hydrogen) atoms. The van der Waals surface area contributed by atoms with Gasteiger partial charge in [-0.25, -0.2) is 0 Å². The van der Waals surface area contributed by atoms with Crippen LogP contribution in [0.5, 0.6) is 0 Å². The maximum Gasteiger partial charge on any atom is 0.324 e. The van der Waals surface area contributed by atoms with E-state index in [0.29, 0.717) is 19.8 Å². The van der Waals surface area contributed by atoms with E-state index in [4.69, 9.17) is 14.2 Å². The SMILES string of the molecule is COCCCN(CCOC)CC(NC(C)C)C(=O)OC. The highest BCUT2D eigenvalue weighted by Gasteiger charge is 2.22. The number of rotatable bonds is 12. The Morgan fingerprint density at radius 3 is 2.25 bits per heavy atom. The normalized spacial score (nSPS) is 12.9. The van der Waals surface area contributed by atoms with E-state index in [1.54, 1.807) is 14.2 Å². The Bertz CT molecular complexity index is 249. The monoisotopic (exact) mass is 290 g/mol. The average molecular weight is 290 g/mol. The number of nitrogens with one attached hydrogen (secondary N) is 1. The van der Waals surface area contributed by atoms with Gasteiger partial charge in [0.05, 0.1) is 13.7 Å². The summed E-state index contributed by atoms with van der Waals surface area (Å²) in [6, 6.07) is -0.0956. The molecule has 0 radical (unpaired) electrons. The number of ether oxygens (including phenoxy) is 3. The van der Waals surface area contributed by atoms with Crippen LogP contribution in [0.1, 0.15) is 20.3 Å². The Morgan fingerprint density at radius 1 is 1.10 bits per heavy atom. The molecule has 1 unspecified atom stereocenters. The van der Waals surface area contributed by atoms with Gasteiger partial charge in [0.25, 0.3) is 0 Å². The molecule has 0 aliphatic carbocycles. The maximum absolute atomic E-state index is 11.8. The largest absolute Gasteiger partial charge is 0.468 e. The van der Waals surface area contributed by atoms with Crippen molar-refractivity contribution in [3.63, 3.8) is 0 Å². The average Bonchev–Trinajstić information content (AvgIpc) is 2.42. The number of carbonyl (C=O) groups excluding carboxylic acids is 1. The molecule has 0 aliphatic rings. The van der Waals surface area contributed by atoms with Gasteiger partial charge < -0.3 is 19.5 Å². The fourth-order valence-corrected chi connectivity index (χ4v) is 1.95. The summed E-state index contributed by atoms with van der Waals surface area (Å²) in [5, 5.41) is 3.24.